The molecule has 1 aliphatic heterocycles. The number of amides is 1. The molecule has 5 heteroatoms. The van der Waals surface area contributed by atoms with Crippen LogP contribution in [0.4, 0.5) is 0 Å². The number of amidine groups is 1. The average Bonchev–Trinajstić information content (AvgIpc) is 2.71. The maximum absolute atomic E-state index is 11.3. The number of nitrogens with zero attached hydrogens (tertiary/aromatic N) is 2. The maximum atomic E-state index is 11.3. The summed E-state index contributed by atoms with van der Waals surface area (Å²) in [6, 6.07) is -0.276. The van der Waals surface area contributed by atoms with E-state index in [9.17, 15) is 4.79 Å². The summed E-state index contributed by atoms with van der Waals surface area (Å²) in [4.78, 5) is 19.6. The topological polar surface area (TPSA) is 67.5 Å². The van der Waals surface area contributed by atoms with Gasteiger partial charge < -0.3 is 9.73 Å². The molecule has 2 heterocycles. The minimum atomic E-state index is -0.276. The quantitative estimate of drug-likeness (QED) is 0.749. The highest BCUT2D eigenvalue weighted by Gasteiger charge is 2.26. The van der Waals surface area contributed by atoms with Gasteiger partial charge >= 0.3 is 0 Å². The zero-order chi connectivity index (χ0) is 10.1. The Morgan fingerprint density at radius 1 is 1.64 bits per heavy atom. The van der Waals surface area contributed by atoms with Crippen LogP contribution in [0.5, 0.6) is 0 Å². The lowest BCUT2D eigenvalue weighted by Gasteiger charge is -1.95. The van der Waals surface area contributed by atoms with Crippen molar-refractivity contribution >= 4 is 11.7 Å². The van der Waals surface area contributed by atoms with E-state index in [4.69, 9.17) is 4.42 Å². The van der Waals surface area contributed by atoms with E-state index in [-0.39, 0.29) is 11.9 Å². The number of oxazole rings is 1. The molecular formula is C9H11N3O2. The molecule has 1 aromatic heterocycles. The van der Waals surface area contributed by atoms with Crippen LogP contribution in [0.15, 0.2) is 15.7 Å². The fourth-order valence-electron chi connectivity index (χ4n) is 1.33. The lowest BCUT2D eigenvalue weighted by molar-refractivity contribution is -0.120. The largest absolute Gasteiger partial charge is 0.449 e. The van der Waals surface area contributed by atoms with Crippen molar-refractivity contribution in [3.8, 4) is 0 Å². The van der Waals surface area contributed by atoms with Crippen LogP contribution in [0.1, 0.15) is 24.9 Å². The molecule has 5 nitrogen and oxygen atoms in total. The molecule has 1 amide bonds. The summed E-state index contributed by atoms with van der Waals surface area (Å²) < 4.78 is 5.04. The Bertz CT molecular complexity index is 395. The van der Waals surface area contributed by atoms with Crippen molar-refractivity contribution in [3.63, 3.8) is 0 Å². The fourth-order valence-corrected chi connectivity index (χ4v) is 1.33. The Balaban J connectivity index is 2.25. The molecule has 0 aromatic carbocycles. The van der Waals surface area contributed by atoms with Crippen LogP contribution < -0.4 is 5.32 Å². The van der Waals surface area contributed by atoms with E-state index in [1.54, 1.807) is 6.92 Å². The molecule has 0 aliphatic carbocycles. The van der Waals surface area contributed by atoms with Crippen LogP contribution in [-0.4, -0.2) is 22.8 Å². The van der Waals surface area contributed by atoms with Crippen LogP contribution in [-0.2, 0) is 4.79 Å². The molecule has 1 aromatic rings. The average molecular weight is 193 g/mol. The second-order valence-electron chi connectivity index (χ2n) is 3.14. The predicted octanol–water partition coefficient (Wildman–Crippen LogP) is 0.638. The van der Waals surface area contributed by atoms with Crippen LogP contribution in [0.2, 0.25) is 0 Å². The minimum Gasteiger partial charge on any atom is -0.449 e. The van der Waals surface area contributed by atoms with Crippen LogP contribution >= 0.6 is 0 Å². The van der Waals surface area contributed by atoms with Gasteiger partial charge in [0.05, 0.1) is 0 Å². The predicted molar refractivity (Wildman–Crippen MR) is 50.0 cm³/mol. The number of aryl methyl sites for hydroxylation is 1. The first-order chi connectivity index (χ1) is 6.70. The molecule has 1 aliphatic rings. The van der Waals surface area contributed by atoms with E-state index >= 15 is 0 Å². The van der Waals surface area contributed by atoms with Gasteiger partial charge in [0.2, 0.25) is 5.91 Å². The van der Waals surface area contributed by atoms with Gasteiger partial charge in [0.1, 0.15) is 18.0 Å². The van der Waals surface area contributed by atoms with Crippen LogP contribution in [0.25, 0.3) is 0 Å². The third-order valence-corrected chi connectivity index (χ3v) is 2.08. The summed E-state index contributed by atoms with van der Waals surface area (Å²) in [6.45, 7) is 3.67. The highest BCUT2D eigenvalue weighted by atomic mass is 16.3. The second-order valence-corrected chi connectivity index (χ2v) is 3.14. The Hall–Kier alpha value is -1.65. The Kier molecular flexibility index (Phi) is 2.07. The van der Waals surface area contributed by atoms with Gasteiger partial charge in [-0.15, -0.1) is 0 Å². The minimum absolute atomic E-state index is 0.0665. The van der Waals surface area contributed by atoms with Gasteiger partial charge in [-0.2, -0.15) is 0 Å². The van der Waals surface area contributed by atoms with Crippen molar-refractivity contribution in [2.24, 2.45) is 4.99 Å². The summed E-state index contributed by atoms with van der Waals surface area (Å²) in [6.07, 6.45) is 2.19. The third kappa shape index (κ3) is 1.41. The lowest BCUT2D eigenvalue weighted by atomic mass is 10.2. The van der Waals surface area contributed by atoms with Crippen molar-refractivity contribution in [3.05, 3.63) is 17.8 Å². The smallest absolute Gasteiger partial charge is 0.250 e. The third-order valence-electron chi connectivity index (χ3n) is 2.08. The van der Waals surface area contributed by atoms with Crippen LogP contribution in [0, 0.1) is 6.92 Å². The highest BCUT2D eigenvalue weighted by molar-refractivity contribution is 6.12. The van der Waals surface area contributed by atoms with Crippen molar-refractivity contribution < 1.29 is 9.21 Å². The summed E-state index contributed by atoms with van der Waals surface area (Å²) in [5.41, 5.74) is 0.590. The molecule has 2 rings (SSSR count). The van der Waals surface area contributed by atoms with E-state index in [0.29, 0.717) is 23.8 Å². The molecule has 0 spiro atoms. The molecule has 0 radical (unpaired) electrons. The van der Waals surface area contributed by atoms with Gasteiger partial charge in [0.15, 0.2) is 11.7 Å². The van der Waals surface area contributed by atoms with Gasteiger partial charge in [-0.1, -0.05) is 6.92 Å². The number of aliphatic imine (C=N–C) groups is 1. The van der Waals surface area contributed by atoms with E-state index in [1.165, 1.54) is 6.26 Å². The van der Waals surface area contributed by atoms with Crippen LogP contribution in [0.3, 0.4) is 0 Å². The number of carbonyl (C=O) groups excluding carboxylic acids is 1. The van der Waals surface area contributed by atoms with Gasteiger partial charge in [0, 0.05) is 6.92 Å². The molecule has 0 fully saturated rings. The summed E-state index contributed by atoms with van der Waals surface area (Å²) in [5.74, 6) is 1.01. The number of rotatable bonds is 2. The molecule has 14 heavy (non-hydrogen) atoms. The Morgan fingerprint density at radius 2 is 2.43 bits per heavy atom. The van der Waals surface area contributed by atoms with Crippen molar-refractivity contribution in [1.29, 1.82) is 0 Å². The summed E-state index contributed by atoms with van der Waals surface area (Å²) >= 11 is 0. The number of hydrogen-bond donors (Lipinski definition) is 1. The number of hydrogen-bond acceptors (Lipinski definition) is 4. The second kappa shape index (κ2) is 3.25. The molecule has 0 bridgehead atoms. The maximum Gasteiger partial charge on any atom is 0.250 e. The zero-order valence-corrected chi connectivity index (χ0v) is 8.07. The van der Waals surface area contributed by atoms with Crippen molar-refractivity contribution in [1.82, 2.24) is 10.3 Å². The van der Waals surface area contributed by atoms with E-state index in [2.05, 4.69) is 15.3 Å². The normalized spacial score (nSPS) is 20.9. The first kappa shape index (κ1) is 8.93. The fraction of sp³-hybridized carbons (Fsp3) is 0.444. The number of aromatic nitrogens is 1. The monoisotopic (exact) mass is 193 g/mol. The standard InChI is InChI=1S/C9H11N3O2/c1-3-6-9(13)12-8(11-6)7-4-14-5(2)10-7/h4,6H,3H2,1-2H3,(H,11,12,13). The number of carbonyl (C=O) groups is 1. The Morgan fingerprint density at radius 3 is 2.93 bits per heavy atom. The van der Waals surface area contributed by atoms with Gasteiger partial charge in [-0.25, -0.2) is 4.98 Å². The van der Waals surface area contributed by atoms with Gasteiger partial charge in [-0.3, -0.25) is 9.79 Å². The van der Waals surface area contributed by atoms with E-state index < -0.39 is 0 Å². The first-order valence-corrected chi connectivity index (χ1v) is 4.52. The summed E-state index contributed by atoms with van der Waals surface area (Å²) in [7, 11) is 0. The first-order valence-electron chi connectivity index (χ1n) is 4.52. The lowest BCUT2D eigenvalue weighted by Crippen LogP contribution is -2.29. The molecule has 1 unspecified atom stereocenters. The van der Waals surface area contributed by atoms with Crippen molar-refractivity contribution in [2.45, 2.75) is 26.3 Å². The molecule has 0 saturated heterocycles. The van der Waals surface area contributed by atoms with Gasteiger partial charge in [0.25, 0.3) is 0 Å². The Labute approximate surface area is 81.2 Å². The molecule has 1 atom stereocenters. The zero-order valence-electron chi connectivity index (χ0n) is 8.07. The van der Waals surface area contributed by atoms with Gasteiger partial charge in [-0.05, 0) is 6.42 Å². The molecular weight excluding hydrogens is 182 g/mol. The van der Waals surface area contributed by atoms with E-state index in [1.807, 2.05) is 6.92 Å². The van der Waals surface area contributed by atoms with E-state index in [0.717, 1.165) is 0 Å². The SMILES string of the molecule is CCC1N=C(c2coc(C)n2)NC1=O. The summed E-state index contributed by atoms with van der Waals surface area (Å²) in [5, 5.41) is 2.67. The number of nitrogens with one attached hydrogen (secondary N) is 1. The highest BCUT2D eigenvalue weighted by Crippen LogP contribution is 2.10. The molecule has 1 N–H and O–H groups in total. The molecule has 0 saturated carbocycles. The molecule has 74 valence electrons. The van der Waals surface area contributed by atoms with Crippen molar-refractivity contribution in [2.75, 3.05) is 0 Å².